The Morgan fingerprint density at radius 1 is 1.53 bits per heavy atom. The van der Waals surface area contributed by atoms with Crippen LogP contribution < -0.4 is 10.6 Å². The molecule has 0 saturated carbocycles. The molecule has 2 aromatic rings. The number of anilines is 1. The lowest BCUT2D eigenvalue weighted by atomic mass is 10.1. The lowest BCUT2D eigenvalue weighted by Crippen LogP contribution is -2.29. The first-order valence-corrected chi connectivity index (χ1v) is 6.35. The second kappa shape index (κ2) is 5.40. The molecule has 0 fully saturated rings. The summed E-state index contributed by atoms with van der Waals surface area (Å²) in [5, 5.41) is 0. The summed E-state index contributed by atoms with van der Waals surface area (Å²) in [6.07, 6.45) is 0.447. The van der Waals surface area contributed by atoms with Crippen molar-refractivity contribution in [1.82, 2.24) is 4.98 Å². The number of oxazole rings is 1. The number of carbonyl (C=O) groups is 1. The molecule has 0 aliphatic heterocycles. The van der Waals surface area contributed by atoms with Crippen LogP contribution in [0, 0.1) is 12.8 Å². The van der Waals surface area contributed by atoms with Gasteiger partial charge in [0.05, 0.1) is 0 Å². The van der Waals surface area contributed by atoms with E-state index in [1.807, 2.05) is 25.1 Å². The summed E-state index contributed by atoms with van der Waals surface area (Å²) in [6.45, 7) is 4.29. The van der Waals surface area contributed by atoms with E-state index in [9.17, 15) is 4.79 Å². The molecule has 1 atom stereocenters. The lowest BCUT2D eigenvalue weighted by Gasteiger charge is -2.19. The van der Waals surface area contributed by atoms with Crippen LogP contribution in [0.3, 0.4) is 0 Å². The van der Waals surface area contributed by atoms with Crippen LogP contribution in [0.25, 0.3) is 11.1 Å². The van der Waals surface area contributed by atoms with E-state index >= 15 is 0 Å². The van der Waals surface area contributed by atoms with E-state index in [4.69, 9.17) is 10.2 Å². The van der Waals surface area contributed by atoms with E-state index in [-0.39, 0.29) is 11.8 Å². The topological polar surface area (TPSA) is 72.4 Å². The summed E-state index contributed by atoms with van der Waals surface area (Å²) < 4.78 is 5.41. The highest BCUT2D eigenvalue weighted by molar-refractivity contribution is 5.94. The number of nitrogens with two attached hydrogens (primary N) is 1. The molecule has 5 heteroatoms. The number of fused-ring (bicyclic) bond motifs is 1. The third-order valence-electron chi connectivity index (χ3n) is 3.16. The van der Waals surface area contributed by atoms with Crippen molar-refractivity contribution in [2.24, 2.45) is 11.7 Å². The van der Waals surface area contributed by atoms with Crippen LogP contribution in [0.5, 0.6) is 0 Å². The standard InChI is InChI=1S/C14H19N3O2/c1-9(8-15)6-14(18)17(3)11-4-5-13-12(7-11)16-10(2)19-13/h4-5,7,9H,6,8,15H2,1-3H3. The van der Waals surface area contributed by atoms with Crippen molar-refractivity contribution in [2.45, 2.75) is 20.3 Å². The summed E-state index contributed by atoms with van der Waals surface area (Å²) in [5.74, 6) is 0.864. The van der Waals surface area contributed by atoms with Gasteiger partial charge in [0, 0.05) is 26.1 Å². The van der Waals surface area contributed by atoms with Crippen molar-refractivity contribution >= 4 is 22.7 Å². The third-order valence-corrected chi connectivity index (χ3v) is 3.16. The molecule has 0 spiro atoms. The van der Waals surface area contributed by atoms with Gasteiger partial charge in [-0.15, -0.1) is 0 Å². The molecule has 2 rings (SSSR count). The first-order chi connectivity index (χ1) is 9.01. The molecule has 0 saturated heterocycles. The van der Waals surface area contributed by atoms with Gasteiger partial charge >= 0.3 is 0 Å². The van der Waals surface area contributed by atoms with Crippen LogP contribution in [0.4, 0.5) is 5.69 Å². The molecule has 0 radical (unpaired) electrons. The van der Waals surface area contributed by atoms with Crippen molar-refractivity contribution in [2.75, 3.05) is 18.5 Å². The fourth-order valence-electron chi connectivity index (χ4n) is 1.90. The SMILES string of the molecule is Cc1nc2cc(N(C)C(=O)CC(C)CN)ccc2o1. The van der Waals surface area contributed by atoms with E-state index in [0.29, 0.717) is 18.9 Å². The number of aryl methyl sites for hydroxylation is 1. The Bertz CT molecular complexity index is 591. The van der Waals surface area contributed by atoms with Gasteiger partial charge in [0.2, 0.25) is 5.91 Å². The largest absolute Gasteiger partial charge is 0.441 e. The minimum absolute atomic E-state index is 0.0533. The molecular weight excluding hydrogens is 242 g/mol. The average Bonchev–Trinajstić information content (AvgIpc) is 2.76. The average molecular weight is 261 g/mol. The number of rotatable bonds is 4. The van der Waals surface area contributed by atoms with Gasteiger partial charge in [-0.05, 0) is 30.7 Å². The van der Waals surface area contributed by atoms with Crippen LogP contribution in [0.15, 0.2) is 22.6 Å². The number of nitrogens with zero attached hydrogens (tertiary/aromatic N) is 2. The zero-order valence-electron chi connectivity index (χ0n) is 11.5. The van der Waals surface area contributed by atoms with Crippen LogP contribution in [0.2, 0.25) is 0 Å². The maximum Gasteiger partial charge on any atom is 0.227 e. The lowest BCUT2D eigenvalue weighted by molar-refractivity contribution is -0.119. The zero-order chi connectivity index (χ0) is 14.0. The van der Waals surface area contributed by atoms with Gasteiger partial charge in [-0.25, -0.2) is 4.98 Å². The first kappa shape index (κ1) is 13.5. The van der Waals surface area contributed by atoms with E-state index in [1.165, 1.54) is 0 Å². The molecule has 1 amide bonds. The van der Waals surface area contributed by atoms with E-state index < -0.39 is 0 Å². The highest BCUT2D eigenvalue weighted by Crippen LogP contribution is 2.22. The second-order valence-electron chi connectivity index (χ2n) is 4.88. The normalized spacial score (nSPS) is 12.6. The molecule has 1 aromatic carbocycles. The number of hydrogen-bond acceptors (Lipinski definition) is 4. The highest BCUT2D eigenvalue weighted by Gasteiger charge is 2.15. The van der Waals surface area contributed by atoms with Crippen molar-refractivity contribution in [3.8, 4) is 0 Å². The molecule has 102 valence electrons. The van der Waals surface area contributed by atoms with Gasteiger partial charge < -0.3 is 15.1 Å². The molecule has 1 heterocycles. The Hall–Kier alpha value is -1.88. The molecule has 0 aliphatic carbocycles. The molecular formula is C14H19N3O2. The number of aromatic nitrogens is 1. The predicted octanol–water partition coefficient (Wildman–Crippen LogP) is 2.08. The second-order valence-corrected chi connectivity index (χ2v) is 4.88. The molecule has 1 unspecified atom stereocenters. The predicted molar refractivity (Wildman–Crippen MR) is 75.0 cm³/mol. The Kier molecular flexibility index (Phi) is 3.85. The summed E-state index contributed by atoms with van der Waals surface area (Å²) in [5.41, 5.74) is 7.86. The fourth-order valence-corrected chi connectivity index (χ4v) is 1.90. The number of carbonyl (C=O) groups excluding carboxylic acids is 1. The third kappa shape index (κ3) is 2.93. The number of benzene rings is 1. The number of amides is 1. The summed E-state index contributed by atoms with van der Waals surface area (Å²) >= 11 is 0. The minimum Gasteiger partial charge on any atom is -0.441 e. The smallest absolute Gasteiger partial charge is 0.227 e. The van der Waals surface area contributed by atoms with Crippen molar-refractivity contribution < 1.29 is 9.21 Å². The number of hydrogen-bond donors (Lipinski definition) is 1. The van der Waals surface area contributed by atoms with Crippen molar-refractivity contribution in [3.63, 3.8) is 0 Å². The van der Waals surface area contributed by atoms with Gasteiger partial charge in [-0.2, -0.15) is 0 Å². The quantitative estimate of drug-likeness (QED) is 0.914. The minimum atomic E-state index is 0.0533. The van der Waals surface area contributed by atoms with E-state index in [0.717, 1.165) is 16.8 Å². The van der Waals surface area contributed by atoms with Gasteiger partial charge in [-0.1, -0.05) is 6.92 Å². The summed E-state index contributed by atoms with van der Waals surface area (Å²) in [4.78, 5) is 18.0. The molecule has 0 aliphatic rings. The Labute approximate surface area is 112 Å². The van der Waals surface area contributed by atoms with Gasteiger partial charge in [0.25, 0.3) is 0 Å². The van der Waals surface area contributed by atoms with E-state index in [1.54, 1.807) is 18.9 Å². The van der Waals surface area contributed by atoms with Gasteiger partial charge in [0.15, 0.2) is 11.5 Å². The summed E-state index contributed by atoms with van der Waals surface area (Å²) in [6, 6.07) is 5.55. The zero-order valence-corrected chi connectivity index (χ0v) is 11.5. The van der Waals surface area contributed by atoms with Gasteiger partial charge in [0.1, 0.15) is 5.52 Å². The Morgan fingerprint density at radius 3 is 2.95 bits per heavy atom. The molecule has 5 nitrogen and oxygen atoms in total. The van der Waals surface area contributed by atoms with Crippen molar-refractivity contribution in [1.29, 1.82) is 0 Å². The van der Waals surface area contributed by atoms with Crippen LogP contribution in [-0.2, 0) is 4.79 Å². The highest BCUT2D eigenvalue weighted by atomic mass is 16.3. The van der Waals surface area contributed by atoms with Crippen LogP contribution >= 0.6 is 0 Å². The van der Waals surface area contributed by atoms with Crippen molar-refractivity contribution in [3.05, 3.63) is 24.1 Å². The molecule has 19 heavy (non-hydrogen) atoms. The Balaban J connectivity index is 2.20. The van der Waals surface area contributed by atoms with E-state index in [2.05, 4.69) is 4.98 Å². The van der Waals surface area contributed by atoms with Crippen LogP contribution in [0.1, 0.15) is 19.2 Å². The maximum atomic E-state index is 12.1. The molecule has 2 N–H and O–H groups in total. The maximum absolute atomic E-state index is 12.1. The molecule has 1 aromatic heterocycles. The monoisotopic (exact) mass is 261 g/mol. The fraction of sp³-hybridized carbons (Fsp3) is 0.429. The molecule has 0 bridgehead atoms. The van der Waals surface area contributed by atoms with Gasteiger partial charge in [-0.3, -0.25) is 4.79 Å². The van der Waals surface area contributed by atoms with Crippen LogP contribution in [-0.4, -0.2) is 24.5 Å². The summed E-state index contributed by atoms with van der Waals surface area (Å²) in [7, 11) is 1.76. The Morgan fingerprint density at radius 2 is 2.26 bits per heavy atom. The first-order valence-electron chi connectivity index (χ1n) is 6.35.